The lowest BCUT2D eigenvalue weighted by molar-refractivity contribution is -0.235. The molecule has 1 saturated heterocycles. The van der Waals surface area contributed by atoms with Crippen molar-refractivity contribution in [2.24, 2.45) is 0 Å². The average molecular weight is 278 g/mol. The molecule has 0 bridgehead atoms. The van der Waals surface area contributed by atoms with Crippen molar-refractivity contribution >= 4 is 11.8 Å². The van der Waals surface area contributed by atoms with Gasteiger partial charge in [0.15, 0.2) is 6.23 Å². The van der Waals surface area contributed by atoms with E-state index in [9.17, 15) is 24.9 Å². The second-order valence-electron chi connectivity index (χ2n) is 4.23. The minimum atomic E-state index is -1.56. The van der Waals surface area contributed by atoms with Crippen LogP contribution in [-0.4, -0.2) is 76.0 Å². The summed E-state index contributed by atoms with van der Waals surface area (Å²) < 4.78 is 5.05. The van der Waals surface area contributed by atoms with E-state index in [0.717, 1.165) is 0 Å². The van der Waals surface area contributed by atoms with Crippen LogP contribution in [0.3, 0.4) is 0 Å². The molecule has 0 aromatic carbocycles. The Morgan fingerprint density at radius 1 is 1.16 bits per heavy atom. The number of hydrogen-bond donors (Lipinski definition) is 6. The van der Waals surface area contributed by atoms with Crippen LogP contribution in [0, 0.1) is 0 Å². The van der Waals surface area contributed by atoms with Crippen molar-refractivity contribution in [1.29, 1.82) is 0 Å². The lowest BCUT2D eigenvalue weighted by atomic mass is 9.98. The van der Waals surface area contributed by atoms with Gasteiger partial charge in [-0.25, -0.2) is 0 Å². The number of rotatable bonds is 4. The molecule has 2 amide bonds. The third-order valence-electron chi connectivity index (χ3n) is 2.69. The summed E-state index contributed by atoms with van der Waals surface area (Å²) in [6.07, 6.45) is -6.96. The van der Waals surface area contributed by atoms with E-state index in [1.165, 1.54) is 6.92 Å². The summed E-state index contributed by atoms with van der Waals surface area (Å²) in [6.45, 7) is 0.342. The molecule has 9 nitrogen and oxygen atoms in total. The van der Waals surface area contributed by atoms with Gasteiger partial charge < -0.3 is 35.8 Å². The number of aliphatic hydroxyl groups is 4. The monoisotopic (exact) mass is 278 g/mol. The van der Waals surface area contributed by atoms with Gasteiger partial charge in [-0.15, -0.1) is 0 Å². The van der Waals surface area contributed by atoms with Gasteiger partial charge in [0.1, 0.15) is 24.4 Å². The molecule has 1 fully saturated rings. The highest BCUT2D eigenvalue weighted by atomic mass is 16.6. The van der Waals surface area contributed by atoms with E-state index in [0.29, 0.717) is 0 Å². The predicted octanol–water partition coefficient (Wildman–Crippen LogP) is -3.96. The summed E-state index contributed by atoms with van der Waals surface area (Å²) in [5, 5.41) is 42.1. The van der Waals surface area contributed by atoms with Crippen molar-refractivity contribution in [3.8, 4) is 0 Å². The third kappa shape index (κ3) is 4.11. The van der Waals surface area contributed by atoms with Crippen molar-refractivity contribution in [2.45, 2.75) is 37.6 Å². The standard InChI is InChI=1S/C10H18N2O7/c1-4(14)11-2-6(15)12-10-9(18)8(17)7(16)5(3-13)19-10/h5,7-10,13,16-18H,2-3H2,1H3,(H,11,14)(H,12,15)/t5-,7-,8+,9-,10+/m1/s1. The van der Waals surface area contributed by atoms with E-state index in [-0.39, 0.29) is 6.54 Å². The quantitative estimate of drug-likeness (QED) is 0.307. The maximum Gasteiger partial charge on any atom is 0.241 e. The van der Waals surface area contributed by atoms with Gasteiger partial charge in [0.05, 0.1) is 13.2 Å². The summed E-state index contributed by atoms with van der Waals surface area (Å²) in [5.74, 6) is -1.04. The van der Waals surface area contributed by atoms with Crippen LogP contribution >= 0.6 is 0 Å². The third-order valence-corrected chi connectivity index (χ3v) is 2.69. The summed E-state index contributed by atoms with van der Waals surface area (Å²) in [6, 6.07) is 0. The smallest absolute Gasteiger partial charge is 0.241 e. The highest BCUT2D eigenvalue weighted by molar-refractivity contribution is 5.83. The number of carbonyl (C=O) groups is 2. The normalized spacial score (nSPS) is 34.7. The van der Waals surface area contributed by atoms with Crippen LogP contribution < -0.4 is 10.6 Å². The van der Waals surface area contributed by atoms with Gasteiger partial charge in [0.2, 0.25) is 11.8 Å². The Hall–Kier alpha value is -1.26. The Bertz CT molecular complexity index is 336. The second-order valence-corrected chi connectivity index (χ2v) is 4.23. The lowest BCUT2D eigenvalue weighted by Gasteiger charge is -2.40. The maximum atomic E-state index is 11.4. The number of carbonyl (C=O) groups excluding carboxylic acids is 2. The largest absolute Gasteiger partial charge is 0.394 e. The molecule has 1 aliphatic heterocycles. The maximum absolute atomic E-state index is 11.4. The summed E-state index contributed by atoms with van der Waals surface area (Å²) in [4.78, 5) is 22.0. The van der Waals surface area contributed by atoms with Crippen LogP contribution in [-0.2, 0) is 14.3 Å². The molecule has 0 unspecified atom stereocenters. The molecule has 1 heterocycles. The Labute approximate surface area is 109 Å². The van der Waals surface area contributed by atoms with E-state index in [4.69, 9.17) is 9.84 Å². The zero-order chi connectivity index (χ0) is 14.6. The van der Waals surface area contributed by atoms with Gasteiger partial charge in [-0.3, -0.25) is 9.59 Å². The Morgan fingerprint density at radius 3 is 2.32 bits per heavy atom. The molecule has 0 aromatic rings. The van der Waals surface area contributed by atoms with Crippen LogP contribution in [0.5, 0.6) is 0 Å². The van der Waals surface area contributed by atoms with Gasteiger partial charge >= 0.3 is 0 Å². The fourth-order valence-corrected chi connectivity index (χ4v) is 1.64. The molecule has 1 rings (SSSR count). The van der Waals surface area contributed by atoms with E-state index in [2.05, 4.69) is 10.6 Å². The molecule has 0 saturated carbocycles. The number of aliphatic hydroxyl groups excluding tert-OH is 4. The first kappa shape index (κ1) is 15.8. The van der Waals surface area contributed by atoms with Crippen LogP contribution in [0.1, 0.15) is 6.92 Å². The lowest BCUT2D eigenvalue weighted by Crippen LogP contribution is -2.63. The van der Waals surface area contributed by atoms with E-state index >= 15 is 0 Å². The molecule has 0 aromatic heterocycles. The number of hydrogen-bond acceptors (Lipinski definition) is 7. The molecule has 1 aliphatic rings. The van der Waals surface area contributed by atoms with Gasteiger partial charge in [-0.05, 0) is 0 Å². The molecule has 5 atom stereocenters. The fraction of sp³-hybridized carbons (Fsp3) is 0.800. The van der Waals surface area contributed by atoms with Crippen LogP contribution in [0.25, 0.3) is 0 Å². The molecule has 19 heavy (non-hydrogen) atoms. The molecular weight excluding hydrogens is 260 g/mol. The molecule has 6 N–H and O–H groups in total. The van der Waals surface area contributed by atoms with Crippen LogP contribution in [0.2, 0.25) is 0 Å². The van der Waals surface area contributed by atoms with Crippen molar-refractivity contribution in [3.63, 3.8) is 0 Å². The fourth-order valence-electron chi connectivity index (χ4n) is 1.64. The Balaban J connectivity index is 2.56. The zero-order valence-electron chi connectivity index (χ0n) is 10.3. The van der Waals surface area contributed by atoms with E-state index < -0.39 is 49.1 Å². The summed E-state index contributed by atoms with van der Waals surface area (Å²) in [5.41, 5.74) is 0. The van der Waals surface area contributed by atoms with Crippen molar-refractivity contribution in [2.75, 3.05) is 13.2 Å². The number of nitrogens with one attached hydrogen (secondary N) is 2. The van der Waals surface area contributed by atoms with Crippen molar-refractivity contribution < 1.29 is 34.8 Å². The summed E-state index contributed by atoms with van der Waals surface area (Å²) >= 11 is 0. The first-order chi connectivity index (χ1) is 8.86. The van der Waals surface area contributed by atoms with Crippen molar-refractivity contribution in [3.05, 3.63) is 0 Å². The molecule has 110 valence electrons. The SMILES string of the molecule is CC(=O)NCC(=O)N[C@H]1O[C@H](CO)[C@@H](O)[C@H](O)[C@H]1O. The average Bonchev–Trinajstić information content (AvgIpc) is 2.37. The van der Waals surface area contributed by atoms with Crippen molar-refractivity contribution in [1.82, 2.24) is 10.6 Å². The summed E-state index contributed by atoms with van der Waals surface area (Å²) in [7, 11) is 0. The van der Waals surface area contributed by atoms with Gasteiger partial charge in [-0.2, -0.15) is 0 Å². The second kappa shape index (κ2) is 6.78. The first-order valence-corrected chi connectivity index (χ1v) is 5.71. The van der Waals surface area contributed by atoms with Gasteiger partial charge in [0.25, 0.3) is 0 Å². The zero-order valence-corrected chi connectivity index (χ0v) is 10.3. The predicted molar refractivity (Wildman–Crippen MR) is 60.6 cm³/mol. The van der Waals surface area contributed by atoms with Gasteiger partial charge in [-0.1, -0.05) is 0 Å². The highest BCUT2D eigenvalue weighted by Gasteiger charge is 2.43. The van der Waals surface area contributed by atoms with Crippen LogP contribution in [0.15, 0.2) is 0 Å². The molecule has 0 spiro atoms. The first-order valence-electron chi connectivity index (χ1n) is 5.71. The number of ether oxygens (including phenoxy) is 1. The minimum absolute atomic E-state index is 0.315. The van der Waals surface area contributed by atoms with Gasteiger partial charge in [0, 0.05) is 6.92 Å². The molecule has 9 heteroatoms. The van der Waals surface area contributed by atoms with E-state index in [1.54, 1.807) is 0 Å². The van der Waals surface area contributed by atoms with Crippen LogP contribution in [0.4, 0.5) is 0 Å². The highest BCUT2D eigenvalue weighted by Crippen LogP contribution is 2.19. The molecular formula is C10H18N2O7. The molecule has 0 aliphatic carbocycles. The number of amides is 2. The Kier molecular flexibility index (Phi) is 5.63. The van der Waals surface area contributed by atoms with E-state index in [1.807, 2.05) is 0 Å². The minimum Gasteiger partial charge on any atom is -0.394 e. The topological polar surface area (TPSA) is 148 Å². The molecule has 0 radical (unpaired) electrons. The Morgan fingerprint density at radius 2 is 1.79 bits per heavy atom.